The molecule has 1 saturated carbocycles. The van der Waals surface area contributed by atoms with Crippen LogP contribution < -0.4 is 0 Å². The molecule has 1 spiro atoms. The largest absolute Gasteiger partial charge is 0.481 e. The number of carbonyl (C=O) groups is 3. The maximum Gasteiger partial charge on any atom is 0.306 e. The summed E-state index contributed by atoms with van der Waals surface area (Å²) in [5, 5.41) is 8.80. The number of hydrogen-bond acceptors (Lipinski definition) is 3. The Kier molecular flexibility index (Phi) is 3.92. The van der Waals surface area contributed by atoms with Gasteiger partial charge in [-0.3, -0.25) is 19.3 Å². The van der Waals surface area contributed by atoms with E-state index >= 15 is 0 Å². The lowest BCUT2D eigenvalue weighted by molar-refractivity contribution is -0.141. The zero-order valence-electron chi connectivity index (χ0n) is 11.4. The van der Waals surface area contributed by atoms with Crippen LogP contribution in [0.3, 0.4) is 0 Å². The van der Waals surface area contributed by atoms with Crippen molar-refractivity contribution in [2.45, 2.75) is 51.9 Å². The molecule has 0 bridgehead atoms. The topological polar surface area (TPSA) is 74.7 Å². The minimum atomic E-state index is -0.827. The zero-order valence-corrected chi connectivity index (χ0v) is 11.4. The van der Waals surface area contributed by atoms with Gasteiger partial charge in [0.15, 0.2) is 0 Å². The van der Waals surface area contributed by atoms with E-state index in [0.717, 1.165) is 25.7 Å². The molecule has 0 aromatic heterocycles. The van der Waals surface area contributed by atoms with Crippen molar-refractivity contribution < 1.29 is 19.5 Å². The van der Waals surface area contributed by atoms with Gasteiger partial charge in [-0.15, -0.1) is 0 Å². The van der Waals surface area contributed by atoms with Crippen LogP contribution in [0.1, 0.15) is 51.9 Å². The molecule has 1 unspecified atom stereocenters. The van der Waals surface area contributed by atoms with E-state index in [1.807, 2.05) is 0 Å². The van der Waals surface area contributed by atoms with Crippen LogP contribution in [-0.4, -0.2) is 34.3 Å². The first kappa shape index (κ1) is 14.0. The number of nitrogens with zero attached hydrogens (tertiary/aromatic N) is 1. The second-order valence-electron chi connectivity index (χ2n) is 5.90. The second kappa shape index (κ2) is 5.31. The molecule has 1 aliphatic heterocycles. The molecule has 0 aromatic carbocycles. The van der Waals surface area contributed by atoms with Gasteiger partial charge in [0.05, 0.1) is 11.3 Å². The van der Waals surface area contributed by atoms with Crippen molar-refractivity contribution in [1.29, 1.82) is 0 Å². The number of carboxylic acid groups (broad SMARTS) is 1. The Hall–Kier alpha value is -1.39. The van der Waals surface area contributed by atoms with Gasteiger partial charge in [-0.1, -0.05) is 19.8 Å². The molecule has 5 nitrogen and oxygen atoms in total. The van der Waals surface area contributed by atoms with Crippen molar-refractivity contribution >= 4 is 17.8 Å². The highest BCUT2D eigenvalue weighted by molar-refractivity contribution is 6.06. The third kappa shape index (κ3) is 2.65. The molecule has 1 N–H and O–H groups in total. The predicted molar refractivity (Wildman–Crippen MR) is 68.3 cm³/mol. The first-order valence-electron chi connectivity index (χ1n) is 7.04. The van der Waals surface area contributed by atoms with E-state index in [1.54, 1.807) is 6.92 Å². The number of carboxylic acids is 1. The number of amides is 2. The monoisotopic (exact) mass is 267 g/mol. The first-order valence-corrected chi connectivity index (χ1v) is 7.04. The number of carbonyl (C=O) groups excluding carboxylic acids is 2. The summed E-state index contributed by atoms with van der Waals surface area (Å²) in [6.45, 7) is 2.02. The lowest BCUT2D eigenvalue weighted by atomic mass is 9.84. The number of rotatable bonds is 5. The molecule has 19 heavy (non-hydrogen) atoms. The first-order chi connectivity index (χ1) is 8.96. The van der Waals surface area contributed by atoms with Crippen LogP contribution in [0.15, 0.2) is 0 Å². The molecule has 1 atom stereocenters. The lowest BCUT2D eigenvalue weighted by Crippen LogP contribution is -2.35. The number of aliphatic carboxylic acids is 1. The number of likely N-dealkylation sites (tertiary alicyclic amines) is 1. The Morgan fingerprint density at radius 1 is 1.37 bits per heavy atom. The highest BCUT2D eigenvalue weighted by Gasteiger charge is 2.52. The second-order valence-corrected chi connectivity index (χ2v) is 5.90. The maximum absolute atomic E-state index is 12.3. The van der Waals surface area contributed by atoms with E-state index in [-0.39, 0.29) is 11.8 Å². The van der Waals surface area contributed by atoms with Gasteiger partial charge in [0.1, 0.15) is 0 Å². The average Bonchev–Trinajstić information content (AvgIpc) is 2.90. The van der Waals surface area contributed by atoms with Crippen molar-refractivity contribution in [3.63, 3.8) is 0 Å². The molecular weight excluding hydrogens is 246 g/mol. The van der Waals surface area contributed by atoms with E-state index in [4.69, 9.17) is 5.11 Å². The van der Waals surface area contributed by atoms with Crippen molar-refractivity contribution in [3.05, 3.63) is 0 Å². The van der Waals surface area contributed by atoms with Crippen LogP contribution in [0.25, 0.3) is 0 Å². The highest BCUT2D eigenvalue weighted by Crippen LogP contribution is 2.46. The van der Waals surface area contributed by atoms with Crippen LogP contribution in [0, 0.1) is 11.3 Å². The highest BCUT2D eigenvalue weighted by atomic mass is 16.4. The minimum Gasteiger partial charge on any atom is -0.481 e. The van der Waals surface area contributed by atoms with Crippen LogP contribution in [0.4, 0.5) is 0 Å². The van der Waals surface area contributed by atoms with E-state index in [2.05, 4.69) is 0 Å². The average molecular weight is 267 g/mol. The fraction of sp³-hybridized carbons (Fsp3) is 0.786. The van der Waals surface area contributed by atoms with Crippen molar-refractivity contribution in [2.24, 2.45) is 11.3 Å². The van der Waals surface area contributed by atoms with E-state index < -0.39 is 17.3 Å². The summed E-state index contributed by atoms with van der Waals surface area (Å²) in [7, 11) is 0. The molecule has 2 aliphatic rings. The zero-order chi connectivity index (χ0) is 14.0. The van der Waals surface area contributed by atoms with Gasteiger partial charge in [0.2, 0.25) is 11.8 Å². The summed E-state index contributed by atoms with van der Waals surface area (Å²) in [5.41, 5.74) is -0.407. The SMILES string of the molecule is CC(CCCN1C(=O)CC2(CCCC2)C1=O)C(=O)O. The standard InChI is InChI=1S/C14H21NO4/c1-10(12(17)18)5-4-8-15-11(16)9-14(13(15)19)6-2-3-7-14/h10H,2-9H2,1H3,(H,17,18). The van der Waals surface area contributed by atoms with Gasteiger partial charge < -0.3 is 5.11 Å². The summed E-state index contributed by atoms with van der Waals surface area (Å²) in [6.07, 6.45) is 5.16. The Bertz CT molecular complexity index is 398. The van der Waals surface area contributed by atoms with E-state index in [0.29, 0.717) is 25.8 Å². The molecule has 2 fully saturated rings. The van der Waals surface area contributed by atoms with Gasteiger partial charge in [0, 0.05) is 13.0 Å². The van der Waals surface area contributed by atoms with Gasteiger partial charge in [-0.2, -0.15) is 0 Å². The van der Waals surface area contributed by atoms with Crippen molar-refractivity contribution in [3.8, 4) is 0 Å². The van der Waals surface area contributed by atoms with Crippen LogP contribution in [0.5, 0.6) is 0 Å². The van der Waals surface area contributed by atoms with Crippen LogP contribution >= 0.6 is 0 Å². The van der Waals surface area contributed by atoms with Gasteiger partial charge in [-0.25, -0.2) is 0 Å². The van der Waals surface area contributed by atoms with E-state index in [1.165, 1.54) is 4.90 Å². The van der Waals surface area contributed by atoms with Crippen LogP contribution in [-0.2, 0) is 14.4 Å². The minimum absolute atomic E-state index is 0.0158. The quantitative estimate of drug-likeness (QED) is 0.771. The summed E-state index contributed by atoms with van der Waals surface area (Å²) < 4.78 is 0. The summed E-state index contributed by atoms with van der Waals surface area (Å²) in [6, 6.07) is 0. The Labute approximate surface area is 113 Å². The number of imide groups is 1. The van der Waals surface area contributed by atoms with Crippen molar-refractivity contribution in [2.75, 3.05) is 6.54 Å². The molecule has 1 saturated heterocycles. The lowest BCUT2D eigenvalue weighted by Gasteiger charge is -2.21. The Morgan fingerprint density at radius 2 is 2.00 bits per heavy atom. The molecular formula is C14H21NO4. The van der Waals surface area contributed by atoms with Crippen molar-refractivity contribution in [1.82, 2.24) is 4.90 Å². The Morgan fingerprint density at radius 3 is 2.58 bits per heavy atom. The fourth-order valence-corrected chi connectivity index (χ4v) is 3.21. The molecule has 1 aliphatic carbocycles. The maximum atomic E-state index is 12.3. The molecule has 2 rings (SSSR count). The molecule has 5 heteroatoms. The molecule has 1 heterocycles. The van der Waals surface area contributed by atoms with Gasteiger partial charge in [0.25, 0.3) is 0 Å². The predicted octanol–water partition coefficient (Wildman–Crippen LogP) is 1.81. The molecule has 2 amide bonds. The molecule has 106 valence electrons. The summed E-state index contributed by atoms with van der Waals surface area (Å²) in [4.78, 5) is 36.4. The number of hydrogen-bond donors (Lipinski definition) is 1. The normalized spacial score (nSPS) is 23.3. The third-order valence-electron chi connectivity index (χ3n) is 4.49. The van der Waals surface area contributed by atoms with E-state index in [9.17, 15) is 14.4 Å². The fourth-order valence-electron chi connectivity index (χ4n) is 3.21. The third-order valence-corrected chi connectivity index (χ3v) is 4.49. The smallest absolute Gasteiger partial charge is 0.306 e. The summed E-state index contributed by atoms with van der Waals surface area (Å²) in [5.74, 6) is -1.34. The van der Waals surface area contributed by atoms with Gasteiger partial charge >= 0.3 is 5.97 Å². The molecule has 0 radical (unpaired) electrons. The van der Waals surface area contributed by atoms with Crippen LogP contribution in [0.2, 0.25) is 0 Å². The Balaban J connectivity index is 1.89. The molecule has 0 aromatic rings. The summed E-state index contributed by atoms with van der Waals surface area (Å²) >= 11 is 0. The van der Waals surface area contributed by atoms with Gasteiger partial charge in [-0.05, 0) is 25.7 Å².